The minimum atomic E-state index is -0.0752. The molecule has 0 atom stereocenters. The van der Waals surface area contributed by atoms with E-state index in [-0.39, 0.29) is 36.5 Å². The van der Waals surface area contributed by atoms with Crippen molar-refractivity contribution in [3.8, 4) is 0 Å². The number of likely N-dealkylation sites (tertiary alicyclic amines) is 1. The van der Waals surface area contributed by atoms with Crippen molar-refractivity contribution in [2.45, 2.75) is 31.7 Å². The maximum absolute atomic E-state index is 12.4. The average molecular weight is 364 g/mol. The first kappa shape index (κ1) is 18.8. The lowest BCUT2D eigenvalue weighted by Gasteiger charge is -2.32. The van der Waals surface area contributed by atoms with E-state index in [2.05, 4.69) is 5.32 Å². The maximum atomic E-state index is 12.4. The quantitative estimate of drug-likeness (QED) is 0.801. The van der Waals surface area contributed by atoms with Gasteiger partial charge in [-0.05, 0) is 25.0 Å². The topological polar surface area (TPSA) is 66.5 Å². The molecule has 1 fully saturated rings. The third-order valence-electron chi connectivity index (χ3n) is 4.88. The molecule has 1 aliphatic heterocycles. The molecule has 1 saturated heterocycles. The van der Waals surface area contributed by atoms with E-state index in [1.54, 1.807) is 29.2 Å². The van der Waals surface area contributed by atoms with Crippen LogP contribution in [0.5, 0.6) is 0 Å². The molecule has 0 aliphatic carbocycles. The minimum absolute atomic E-state index is 0.00559. The average Bonchev–Trinajstić information content (AvgIpc) is 2.73. The number of rotatable bonds is 6. The summed E-state index contributed by atoms with van der Waals surface area (Å²) < 4.78 is 0. The molecule has 2 aromatic rings. The van der Waals surface area contributed by atoms with Gasteiger partial charge in [-0.1, -0.05) is 48.5 Å². The summed E-state index contributed by atoms with van der Waals surface area (Å²) >= 11 is 0. The zero-order valence-electron chi connectivity index (χ0n) is 15.3. The molecule has 0 aromatic heterocycles. The SMILES string of the molecule is O=C(CCC(=O)N1CCC(NC(=O)c2ccccc2)CC1)c1ccccc1. The predicted octanol–water partition coefficient (Wildman–Crippen LogP) is 3.07. The van der Waals surface area contributed by atoms with Crippen molar-refractivity contribution in [2.24, 2.45) is 0 Å². The van der Waals surface area contributed by atoms with E-state index >= 15 is 0 Å². The first-order chi connectivity index (χ1) is 13.1. The Bertz CT molecular complexity index is 782. The molecule has 3 rings (SSSR count). The number of ketones is 1. The molecule has 0 unspecified atom stereocenters. The molecular weight excluding hydrogens is 340 g/mol. The van der Waals surface area contributed by atoms with Gasteiger partial charge in [0.15, 0.2) is 5.78 Å². The van der Waals surface area contributed by atoms with Crippen LogP contribution in [0.3, 0.4) is 0 Å². The summed E-state index contributed by atoms with van der Waals surface area (Å²) in [6.07, 6.45) is 1.93. The van der Waals surface area contributed by atoms with Crippen molar-refractivity contribution in [1.29, 1.82) is 0 Å². The molecule has 0 bridgehead atoms. The fraction of sp³-hybridized carbons (Fsp3) is 0.318. The van der Waals surface area contributed by atoms with Gasteiger partial charge in [-0.25, -0.2) is 0 Å². The Morgan fingerprint density at radius 2 is 1.37 bits per heavy atom. The molecule has 5 nitrogen and oxygen atoms in total. The summed E-state index contributed by atoms with van der Waals surface area (Å²) in [5, 5.41) is 3.04. The zero-order chi connectivity index (χ0) is 19.1. The normalized spacial score (nSPS) is 14.6. The van der Waals surface area contributed by atoms with Gasteiger partial charge in [-0.3, -0.25) is 14.4 Å². The molecule has 0 saturated carbocycles. The molecule has 0 spiro atoms. The second kappa shape index (κ2) is 9.12. The van der Waals surface area contributed by atoms with Crippen molar-refractivity contribution >= 4 is 17.6 Å². The van der Waals surface area contributed by atoms with Crippen molar-refractivity contribution < 1.29 is 14.4 Å². The molecule has 1 heterocycles. The summed E-state index contributed by atoms with van der Waals surface area (Å²) in [6.45, 7) is 1.22. The first-order valence-electron chi connectivity index (χ1n) is 9.35. The van der Waals surface area contributed by atoms with Crippen molar-refractivity contribution in [2.75, 3.05) is 13.1 Å². The molecule has 5 heteroatoms. The number of hydrogen-bond donors (Lipinski definition) is 1. The lowest BCUT2D eigenvalue weighted by molar-refractivity contribution is -0.132. The molecule has 1 aliphatic rings. The Hall–Kier alpha value is -2.95. The first-order valence-corrected chi connectivity index (χ1v) is 9.35. The van der Waals surface area contributed by atoms with Crippen LogP contribution in [0.1, 0.15) is 46.4 Å². The smallest absolute Gasteiger partial charge is 0.251 e. The second-order valence-electron chi connectivity index (χ2n) is 6.78. The van der Waals surface area contributed by atoms with Gasteiger partial charge < -0.3 is 10.2 Å². The molecular formula is C22H24N2O3. The lowest BCUT2D eigenvalue weighted by Crippen LogP contribution is -2.46. The fourth-order valence-corrected chi connectivity index (χ4v) is 3.28. The highest BCUT2D eigenvalue weighted by Crippen LogP contribution is 2.14. The summed E-state index contributed by atoms with van der Waals surface area (Å²) in [5.41, 5.74) is 1.29. The van der Waals surface area contributed by atoms with Gasteiger partial charge in [0.25, 0.3) is 5.91 Å². The fourth-order valence-electron chi connectivity index (χ4n) is 3.28. The van der Waals surface area contributed by atoms with Gasteiger partial charge in [0.05, 0.1) is 0 Å². The number of piperidine rings is 1. The number of Topliss-reactive ketones (excluding diaryl/α,β-unsaturated/α-hetero) is 1. The summed E-state index contributed by atoms with van der Waals surface area (Å²) in [6, 6.07) is 18.3. The van der Waals surface area contributed by atoms with E-state index in [0.717, 1.165) is 12.8 Å². The Morgan fingerprint density at radius 3 is 1.96 bits per heavy atom. The highest BCUT2D eigenvalue weighted by atomic mass is 16.2. The van der Waals surface area contributed by atoms with E-state index < -0.39 is 0 Å². The van der Waals surface area contributed by atoms with Crippen molar-refractivity contribution in [3.05, 3.63) is 71.8 Å². The summed E-state index contributed by atoms with van der Waals surface area (Å²) in [5.74, 6) is -0.0742. The predicted molar refractivity (Wildman–Crippen MR) is 104 cm³/mol. The van der Waals surface area contributed by atoms with Crippen molar-refractivity contribution in [3.63, 3.8) is 0 Å². The van der Waals surface area contributed by atoms with Gasteiger partial charge in [0.2, 0.25) is 5.91 Å². The molecule has 2 aromatic carbocycles. The number of carbonyl (C=O) groups is 3. The third-order valence-corrected chi connectivity index (χ3v) is 4.88. The molecule has 27 heavy (non-hydrogen) atoms. The molecule has 140 valence electrons. The Morgan fingerprint density at radius 1 is 0.815 bits per heavy atom. The Labute approximate surface area is 159 Å². The Balaban J connectivity index is 1.41. The van der Waals surface area contributed by atoms with E-state index in [1.165, 1.54) is 0 Å². The third kappa shape index (κ3) is 5.26. The second-order valence-corrected chi connectivity index (χ2v) is 6.78. The van der Waals surface area contributed by atoms with E-state index in [1.807, 2.05) is 36.4 Å². The zero-order valence-corrected chi connectivity index (χ0v) is 15.3. The van der Waals surface area contributed by atoms with Gasteiger partial charge >= 0.3 is 0 Å². The van der Waals surface area contributed by atoms with Crippen LogP contribution in [0.25, 0.3) is 0 Å². The van der Waals surface area contributed by atoms with Crippen LogP contribution in [0.2, 0.25) is 0 Å². The number of nitrogens with one attached hydrogen (secondary N) is 1. The van der Waals surface area contributed by atoms with Crippen LogP contribution < -0.4 is 5.32 Å². The Kier molecular flexibility index (Phi) is 6.36. The van der Waals surface area contributed by atoms with E-state index in [4.69, 9.17) is 0 Å². The van der Waals surface area contributed by atoms with Crippen LogP contribution >= 0.6 is 0 Å². The summed E-state index contributed by atoms with van der Waals surface area (Å²) in [4.78, 5) is 38.5. The largest absolute Gasteiger partial charge is 0.349 e. The van der Waals surface area contributed by atoms with E-state index in [0.29, 0.717) is 24.2 Å². The molecule has 0 radical (unpaired) electrons. The van der Waals surface area contributed by atoms with Crippen LogP contribution in [-0.2, 0) is 4.79 Å². The number of nitrogens with zero attached hydrogens (tertiary/aromatic N) is 1. The monoisotopic (exact) mass is 364 g/mol. The number of benzene rings is 2. The lowest BCUT2D eigenvalue weighted by atomic mass is 10.0. The van der Waals surface area contributed by atoms with Crippen LogP contribution in [-0.4, -0.2) is 41.6 Å². The van der Waals surface area contributed by atoms with Gasteiger partial charge in [0, 0.05) is 43.1 Å². The maximum Gasteiger partial charge on any atom is 0.251 e. The van der Waals surface area contributed by atoms with Gasteiger partial charge in [0.1, 0.15) is 0 Å². The minimum Gasteiger partial charge on any atom is -0.349 e. The molecule has 2 amide bonds. The summed E-state index contributed by atoms with van der Waals surface area (Å²) in [7, 11) is 0. The number of carbonyl (C=O) groups excluding carboxylic acids is 3. The van der Waals surface area contributed by atoms with Crippen LogP contribution in [0, 0.1) is 0 Å². The standard InChI is InChI=1S/C22H24N2O3/c25-20(17-7-3-1-4-8-17)11-12-21(26)24-15-13-19(14-16-24)23-22(27)18-9-5-2-6-10-18/h1-10,19H,11-16H2,(H,23,27). The van der Waals surface area contributed by atoms with E-state index in [9.17, 15) is 14.4 Å². The van der Waals surface area contributed by atoms with Gasteiger partial charge in [-0.2, -0.15) is 0 Å². The van der Waals surface area contributed by atoms with Crippen LogP contribution in [0.15, 0.2) is 60.7 Å². The van der Waals surface area contributed by atoms with Gasteiger partial charge in [-0.15, -0.1) is 0 Å². The van der Waals surface area contributed by atoms with Crippen molar-refractivity contribution in [1.82, 2.24) is 10.2 Å². The number of amides is 2. The highest BCUT2D eigenvalue weighted by Gasteiger charge is 2.24. The number of hydrogen-bond acceptors (Lipinski definition) is 3. The molecule has 1 N–H and O–H groups in total. The highest BCUT2D eigenvalue weighted by molar-refractivity contribution is 5.98. The van der Waals surface area contributed by atoms with Crippen LogP contribution in [0.4, 0.5) is 0 Å².